The molecule has 3 atom stereocenters. The number of esters is 1. The van der Waals surface area contributed by atoms with E-state index in [0.29, 0.717) is 19.3 Å². The molecule has 6 nitrogen and oxygen atoms in total. The summed E-state index contributed by atoms with van der Waals surface area (Å²) in [7, 11) is 0. The molecule has 0 aliphatic carbocycles. The molecule has 0 spiro atoms. The van der Waals surface area contributed by atoms with E-state index in [1.807, 2.05) is 0 Å². The molecule has 0 saturated carbocycles. The Balaban J connectivity index is 4.74. The number of rotatable bonds is 45. The average Bonchev–Trinajstić information content (AvgIpc) is 3.26. The van der Waals surface area contributed by atoms with Gasteiger partial charge in [-0.05, 0) is 89.9 Å². The van der Waals surface area contributed by atoms with Crippen LogP contribution in [0.1, 0.15) is 233 Å². The fraction of sp³-hybridized carbons (Fsp3) is 0.714. The van der Waals surface area contributed by atoms with Gasteiger partial charge in [0.05, 0.1) is 25.2 Å². The van der Waals surface area contributed by atoms with E-state index >= 15 is 0 Å². The molecule has 0 bridgehead atoms. The minimum atomic E-state index is -0.806. The summed E-state index contributed by atoms with van der Waals surface area (Å²) in [5.41, 5.74) is 0. The van der Waals surface area contributed by atoms with Crippen molar-refractivity contribution in [1.82, 2.24) is 5.32 Å². The number of ether oxygens (including phenoxy) is 1. The van der Waals surface area contributed by atoms with E-state index in [9.17, 15) is 19.8 Å². The number of aliphatic hydroxyl groups excluding tert-OH is 2. The number of allylic oxidation sites excluding steroid dienone is 14. The highest BCUT2D eigenvalue weighted by Gasteiger charge is 2.24. The van der Waals surface area contributed by atoms with Crippen molar-refractivity contribution in [2.24, 2.45) is 0 Å². The van der Waals surface area contributed by atoms with Gasteiger partial charge in [0.2, 0.25) is 5.91 Å². The first-order valence-electron chi connectivity index (χ1n) is 25.8. The number of hydrogen-bond donors (Lipinski definition) is 3. The maximum absolute atomic E-state index is 13.2. The normalized spacial score (nSPS) is 14.0. The van der Waals surface area contributed by atoms with Crippen LogP contribution in [0.5, 0.6) is 0 Å². The van der Waals surface area contributed by atoms with Crippen molar-refractivity contribution in [3.8, 4) is 0 Å². The van der Waals surface area contributed by atoms with E-state index in [1.54, 1.807) is 0 Å². The van der Waals surface area contributed by atoms with Gasteiger partial charge in [0.1, 0.15) is 6.10 Å². The number of amides is 1. The molecule has 0 aliphatic heterocycles. The van der Waals surface area contributed by atoms with Crippen LogP contribution in [0, 0.1) is 0 Å². The smallest absolute Gasteiger partial charge is 0.306 e. The molecule has 0 heterocycles. The van der Waals surface area contributed by atoms with Gasteiger partial charge in [-0.2, -0.15) is 0 Å². The van der Waals surface area contributed by atoms with Gasteiger partial charge in [0.25, 0.3) is 0 Å². The number of carbonyl (C=O) groups is 2. The molecule has 0 rings (SSSR count). The highest BCUT2D eigenvalue weighted by molar-refractivity contribution is 5.77. The van der Waals surface area contributed by atoms with Gasteiger partial charge in [-0.3, -0.25) is 9.59 Å². The molecule has 0 aromatic heterocycles. The Morgan fingerprint density at radius 2 is 0.935 bits per heavy atom. The van der Waals surface area contributed by atoms with E-state index in [4.69, 9.17) is 4.74 Å². The Labute approximate surface area is 383 Å². The third-order valence-corrected chi connectivity index (χ3v) is 11.3. The highest BCUT2D eigenvalue weighted by Crippen LogP contribution is 2.17. The molecule has 356 valence electrons. The molecule has 62 heavy (non-hydrogen) atoms. The van der Waals surface area contributed by atoms with Crippen LogP contribution < -0.4 is 5.32 Å². The Kier molecular flexibility index (Phi) is 46.7. The number of nitrogens with one attached hydrogen (secondary N) is 1. The van der Waals surface area contributed by atoms with Crippen molar-refractivity contribution in [2.75, 3.05) is 6.61 Å². The van der Waals surface area contributed by atoms with Gasteiger partial charge in [-0.1, -0.05) is 215 Å². The first kappa shape index (κ1) is 59.0. The maximum atomic E-state index is 13.2. The summed E-state index contributed by atoms with van der Waals surface area (Å²) in [4.78, 5) is 26.1. The Morgan fingerprint density at radius 3 is 1.47 bits per heavy atom. The van der Waals surface area contributed by atoms with Gasteiger partial charge in [0, 0.05) is 6.42 Å². The largest absolute Gasteiger partial charge is 0.462 e. The molecule has 3 unspecified atom stereocenters. The van der Waals surface area contributed by atoms with Crippen LogP contribution >= 0.6 is 0 Å². The number of aliphatic hydroxyl groups is 2. The van der Waals surface area contributed by atoms with Crippen LogP contribution in [-0.2, 0) is 14.3 Å². The van der Waals surface area contributed by atoms with Crippen LogP contribution in [0.2, 0.25) is 0 Å². The van der Waals surface area contributed by atoms with Crippen molar-refractivity contribution in [3.63, 3.8) is 0 Å². The van der Waals surface area contributed by atoms with Crippen LogP contribution in [0.3, 0.4) is 0 Å². The summed E-state index contributed by atoms with van der Waals surface area (Å²) in [6.45, 7) is 6.32. The zero-order chi connectivity index (χ0) is 45.2. The van der Waals surface area contributed by atoms with Gasteiger partial charge < -0.3 is 20.3 Å². The molecular formula is C56H97NO5. The highest BCUT2D eigenvalue weighted by atomic mass is 16.5. The fourth-order valence-electron chi connectivity index (χ4n) is 7.36. The fourth-order valence-corrected chi connectivity index (χ4v) is 7.36. The van der Waals surface area contributed by atoms with Crippen molar-refractivity contribution in [1.29, 1.82) is 0 Å². The first-order chi connectivity index (χ1) is 30.5. The Morgan fingerprint density at radius 1 is 0.500 bits per heavy atom. The standard InChI is InChI=1S/C56H97NO5/c1-4-7-10-13-16-19-22-24-26-28-30-33-35-38-41-44-47-52(62-56(61)49-46-43-40-37-34-31-29-27-25-23-20-17-14-11-8-5-2)50-55(60)57-53(51-58)54(59)48-45-42-39-36-32-21-18-15-12-9-6-3/h8,11,17,20,22,24-28,30-31,33-34,52-54,58-59H,4-7,9-10,12-16,18-19,21,23,29,32,35-51H2,1-3H3,(H,57,60)/b11-8+,20-17+,24-22+,27-25+,28-26+,33-30+,34-31+. The van der Waals surface area contributed by atoms with E-state index in [1.165, 1.54) is 83.5 Å². The summed E-state index contributed by atoms with van der Waals surface area (Å²) >= 11 is 0. The Bertz CT molecular complexity index is 1200. The molecule has 0 saturated heterocycles. The summed E-state index contributed by atoms with van der Waals surface area (Å²) in [5, 5.41) is 23.7. The van der Waals surface area contributed by atoms with E-state index in [2.05, 4.69) is 111 Å². The van der Waals surface area contributed by atoms with Crippen molar-refractivity contribution in [3.05, 3.63) is 85.1 Å². The lowest BCUT2D eigenvalue weighted by atomic mass is 10.0. The van der Waals surface area contributed by atoms with E-state index in [0.717, 1.165) is 103 Å². The maximum Gasteiger partial charge on any atom is 0.306 e. The lowest BCUT2D eigenvalue weighted by Crippen LogP contribution is -2.46. The summed E-state index contributed by atoms with van der Waals surface area (Å²) < 4.78 is 5.91. The second-order valence-electron chi connectivity index (χ2n) is 17.2. The van der Waals surface area contributed by atoms with Crippen LogP contribution in [0.4, 0.5) is 0 Å². The van der Waals surface area contributed by atoms with Gasteiger partial charge >= 0.3 is 5.97 Å². The molecule has 0 aromatic rings. The minimum absolute atomic E-state index is 0.0379. The molecule has 0 radical (unpaired) electrons. The quantitative estimate of drug-likeness (QED) is 0.0245. The van der Waals surface area contributed by atoms with Gasteiger partial charge in [-0.25, -0.2) is 0 Å². The third kappa shape index (κ3) is 43.7. The van der Waals surface area contributed by atoms with E-state index < -0.39 is 18.2 Å². The number of carbonyl (C=O) groups excluding carboxylic acids is 2. The van der Waals surface area contributed by atoms with Crippen molar-refractivity contribution < 1.29 is 24.5 Å². The summed E-state index contributed by atoms with van der Waals surface area (Å²) in [6, 6.07) is -0.723. The lowest BCUT2D eigenvalue weighted by molar-refractivity contribution is -0.151. The van der Waals surface area contributed by atoms with Crippen LogP contribution in [0.15, 0.2) is 85.1 Å². The molecule has 0 aromatic carbocycles. The first-order valence-corrected chi connectivity index (χ1v) is 25.8. The van der Waals surface area contributed by atoms with Crippen molar-refractivity contribution in [2.45, 2.75) is 251 Å². The molecule has 3 N–H and O–H groups in total. The van der Waals surface area contributed by atoms with Crippen LogP contribution in [-0.4, -0.2) is 46.9 Å². The minimum Gasteiger partial charge on any atom is -0.462 e. The molecular weight excluding hydrogens is 767 g/mol. The monoisotopic (exact) mass is 864 g/mol. The average molecular weight is 864 g/mol. The number of unbranched alkanes of at least 4 members (excludes halogenated alkanes) is 21. The molecule has 6 heteroatoms. The number of hydrogen-bond acceptors (Lipinski definition) is 5. The molecule has 1 amide bonds. The third-order valence-electron chi connectivity index (χ3n) is 11.3. The predicted octanol–water partition coefficient (Wildman–Crippen LogP) is 15.6. The van der Waals surface area contributed by atoms with Gasteiger partial charge in [0.15, 0.2) is 0 Å². The van der Waals surface area contributed by atoms with Gasteiger partial charge in [-0.15, -0.1) is 0 Å². The summed E-state index contributed by atoms with van der Waals surface area (Å²) in [6.07, 6.45) is 63.5. The second kappa shape index (κ2) is 49.1. The lowest BCUT2D eigenvalue weighted by Gasteiger charge is -2.24. The molecule has 0 fully saturated rings. The molecule has 0 aliphatic rings. The van der Waals surface area contributed by atoms with Crippen LogP contribution in [0.25, 0.3) is 0 Å². The van der Waals surface area contributed by atoms with E-state index in [-0.39, 0.29) is 24.9 Å². The topological polar surface area (TPSA) is 95.9 Å². The summed E-state index contributed by atoms with van der Waals surface area (Å²) in [5.74, 6) is -0.549. The van der Waals surface area contributed by atoms with Crippen molar-refractivity contribution >= 4 is 11.9 Å². The second-order valence-corrected chi connectivity index (χ2v) is 17.2. The SMILES string of the molecule is CC/C=C/C/C=C/C/C=C/C/C=C/CCCCCC(=O)OC(CCCCC/C=C/C=C/C=C/CCCCCCC)CC(=O)NC(CO)C(O)CCCCCCCCCCCCC. The Hall–Kier alpha value is -2.96. The predicted molar refractivity (Wildman–Crippen MR) is 268 cm³/mol. The zero-order valence-corrected chi connectivity index (χ0v) is 40.5. The zero-order valence-electron chi connectivity index (χ0n) is 40.5.